The van der Waals surface area contributed by atoms with Crippen LogP contribution < -0.4 is 5.32 Å². The summed E-state index contributed by atoms with van der Waals surface area (Å²) in [5, 5.41) is 3.81. The third-order valence-corrected chi connectivity index (χ3v) is 7.78. The Morgan fingerprint density at radius 1 is 0.848 bits per heavy atom. The second kappa shape index (κ2) is 11.8. The van der Waals surface area contributed by atoms with Crippen LogP contribution in [0.2, 0.25) is 11.6 Å². The van der Waals surface area contributed by atoms with Crippen LogP contribution in [0, 0.1) is 0 Å². The molecule has 0 aliphatic heterocycles. The Balaban J connectivity index is 1.94. The van der Waals surface area contributed by atoms with Gasteiger partial charge in [0, 0.05) is 17.8 Å². The van der Waals surface area contributed by atoms with Crippen molar-refractivity contribution in [1.82, 2.24) is 4.81 Å². The van der Waals surface area contributed by atoms with Gasteiger partial charge in [0.15, 0.2) is 5.96 Å². The van der Waals surface area contributed by atoms with Gasteiger partial charge < -0.3 is 10.1 Å². The lowest BCUT2D eigenvalue weighted by Gasteiger charge is -2.45. The summed E-state index contributed by atoms with van der Waals surface area (Å²) in [7, 11) is 0. The van der Waals surface area contributed by atoms with E-state index in [1.54, 1.807) is 0 Å². The number of hydrogen-bond donors (Lipinski definition) is 1. The van der Waals surface area contributed by atoms with E-state index in [9.17, 15) is 0 Å². The first-order valence-electron chi connectivity index (χ1n) is 13.9. The molecule has 2 saturated carbocycles. The molecule has 0 aromatic heterocycles. The molecule has 33 heavy (non-hydrogen) atoms. The molecule has 2 fully saturated rings. The molecule has 2 aliphatic rings. The first-order chi connectivity index (χ1) is 15.7. The third kappa shape index (κ3) is 7.27. The fourth-order valence-corrected chi connectivity index (χ4v) is 6.11. The van der Waals surface area contributed by atoms with Crippen LogP contribution in [0.25, 0.3) is 0 Å². The molecule has 0 unspecified atom stereocenters. The maximum atomic E-state index is 5.21. The van der Waals surface area contributed by atoms with E-state index in [0.29, 0.717) is 12.9 Å². The van der Waals surface area contributed by atoms with Crippen molar-refractivity contribution in [2.75, 3.05) is 5.32 Å². The highest BCUT2D eigenvalue weighted by Gasteiger charge is 2.42. The zero-order chi connectivity index (χ0) is 24.0. The average Bonchev–Trinajstić information content (AvgIpc) is 2.77. The van der Waals surface area contributed by atoms with Crippen LogP contribution in [0.1, 0.15) is 118 Å². The van der Waals surface area contributed by atoms with Crippen molar-refractivity contribution in [2.45, 2.75) is 142 Å². The number of aliphatic imine (C=N–C) groups is 1. The molecule has 0 radical (unpaired) electrons. The van der Waals surface area contributed by atoms with Gasteiger partial charge in [0.2, 0.25) is 0 Å². The molecule has 184 valence electrons. The molecule has 1 aromatic rings. The smallest absolute Gasteiger partial charge is 0.264 e. The van der Waals surface area contributed by atoms with Crippen molar-refractivity contribution < 1.29 is 0 Å². The molecule has 3 rings (SSSR count). The van der Waals surface area contributed by atoms with Gasteiger partial charge in [-0.25, -0.2) is 0 Å². The summed E-state index contributed by atoms with van der Waals surface area (Å²) in [5.74, 6) is 2.68. The Bertz CT molecular complexity index is 717. The second-order valence-corrected chi connectivity index (χ2v) is 12.3. The number of anilines is 1. The van der Waals surface area contributed by atoms with E-state index in [1.807, 2.05) is 0 Å². The quantitative estimate of drug-likeness (QED) is 0.267. The minimum absolute atomic E-state index is 0.171. The van der Waals surface area contributed by atoms with Crippen LogP contribution in [0.3, 0.4) is 0 Å². The van der Waals surface area contributed by atoms with Crippen LogP contribution in [0.4, 0.5) is 5.69 Å². The van der Waals surface area contributed by atoms with Gasteiger partial charge in [-0.3, -0.25) is 4.99 Å². The van der Waals surface area contributed by atoms with Gasteiger partial charge in [0.1, 0.15) is 0 Å². The van der Waals surface area contributed by atoms with Crippen molar-refractivity contribution in [3.63, 3.8) is 0 Å². The van der Waals surface area contributed by atoms with E-state index in [0.717, 1.165) is 23.3 Å². The summed E-state index contributed by atoms with van der Waals surface area (Å²) < 4.78 is 0. The van der Waals surface area contributed by atoms with Crippen molar-refractivity contribution >= 4 is 18.5 Å². The number of nitrogens with zero attached hydrogens (tertiary/aromatic N) is 2. The highest BCUT2D eigenvalue weighted by Crippen LogP contribution is 2.43. The van der Waals surface area contributed by atoms with Crippen LogP contribution in [0.5, 0.6) is 0 Å². The molecule has 0 spiro atoms. The monoisotopic (exact) mass is 451 g/mol. The first-order valence-corrected chi connectivity index (χ1v) is 13.9. The van der Waals surface area contributed by atoms with Gasteiger partial charge in [-0.15, -0.1) is 0 Å². The number of nitrogens with one attached hydrogen (secondary N) is 1. The summed E-state index contributed by atoms with van der Waals surface area (Å²) in [6.45, 7) is 16.6. The average molecular weight is 452 g/mol. The highest BCUT2D eigenvalue weighted by atomic mass is 15.3. The van der Waals surface area contributed by atoms with Crippen molar-refractivity contribution in [1.29, 1.82) is 0 Å². The molecular weight excluding hydrogens is 401 g/mol. The van der Waals surface area contributed by atoms with E-state index in [4.69, 9.17) is 4.99 Å². The maximum Gasteiger partial charge on any atom is 0.264 e. The Morgan fingerprint density at radius 3 is 1.73 bits per heavy atom. The summed E-state index contributed by atoms with van der Waals surface area (Å²) in [5.41, 5.74) is 2.70. The topological polar surface area (TPSA) is 27.6 Å². The summed E-state index contributed by atoms with van der Waals surface area (Å²) in [6.07, 6.45) is 14.0. The molecule has 0 amide bonds. The molecule has 0 atom stereocenters. The number of guanidine groups is 1. The van der Waals surface area contributed by atoms with Crippen LogP contribution in [-0.4, -0.2) is 29.7 Å². The normalized spacial score (nSPS) is 19.2. The fourth-order valence-electron chi connectivity index (χ4n) is 6.11. The molecular formula is C29H50BN3. The zero-order valence-corrected chi connectivity index (χ0v) is 22.7. The molecule has 1 aromatic carbocycles. The predicted octanol–water partition coefficient (Wildman–Crippen LogP) is 8.53. The van der Waals surface area contributed by atoms with E-state index in [1.165, 1.54) is 69.8 Å². The van der Waals surface area contributed by atoms with Crippen molar-refractivity contribution in [3.8, 4) is 0 Å². The summed E-state index contributed by atoms with van der Waals surface area (Å²) >= 11 is 0. The molecule has 2 aliphatic carbocycles. The zero-order valence-electron chi connectivity index (χ0n) is 22.7. The number of benzene rings is 1. The molecule has 0 bridgehead atoms. The van der Waals surface area contributed by atoms with E-state index in [2.05, 4.69) is 82.9 Å². The molecule has 4 heteroatoms. The highest BCUT2D eigenvalue weighted by molar-refractivity contribution is 6.62. The van der Waals surface area contributed by atoms with Crippen LogP contribution >= 0.6 is 0 Å². The van der Waals surface area contributed by atoms with E-state index in [-0.39, 0.29) is 11.5 Å². The summed E-state index contributed by atoms with van der Waals surface area (Å²) in [4.78, 5) is 7.92. The lowest BCUT2D eigenvalue weighted by Crippen LogP contribution is -2.55. The Morgan fingerprint density at radius 2 is 1.33 bits per heavy atom. The second-order valence-electron chi connectivity index (χ2n) is 12.3. The van der Waals surface area contributed by atoms with Gasteiger partial charge in [0.05, 0.1) is 0 Å². The Labute approximate surface area is 205 Å². The van der Waals surface area contributed by atoms with E-state index >= 15 is 0 Å². The Kier molecular flexibility index (Phi) is 9.36. The molecule has 3 nitrogen and oxygen atoms in total. The minimum Gasteiger partial charge on any atom is -0.384 e. The standard InChI is InChI=1S/C29H50BN3/c1-22(2)31-28(32-27-20-18-24(19-21-27)29(5,6)7)33(23(3)4)30(25-14-10-8-11-15-25)26-16-12-9-13-17-26/h18-23,25-26H,8-17H2,1-7H3,(H,31,32). The SMILES string of the molecule is CC(C)N=C(Nc1ccc(C(C)(C)C)cc1)N(B(C1CCCCC1)C1CCCCC1)C(C)C. The number of rotatable bonds is 6. The fraction of sp³-hybridized carbons (Fsp3) is 0.759. The van der Waals surface area contributed by atoms with Crippen molar-refractivity contribution in [3.05, 3.63) is 29.8 Å². The molecule has 0 heterocycles. The van der Waals surface area contributed by atoms with Gasteiger partial charge in [-0.1, -0.05) is 97.1 Å². The van der Waals surface area contributed by atoms with Crippen LogP contribution in [-0.2, 0) is 5.41 Å². The Hall–Kier alpha value is -1.45. The van der Waals surface area contributed by atoms with Gasteiger partial charge in [0.25, 0.3) is 6.85 Å². The third-order valence-electron chi connectivity index (χ3n) is 7.78. The lowest BCUT2D eigenvalue weighted by molar-refractivity contribution is 0.407. The maximum absolute atomic E-state index is 5.21. The van der Waals surface area contributed by atoms with Gasteiger partial charge in [-0.2, -0.15) is 0 Å². The summed E-state index contributed by atoms with van der Waals surface area (Å²) in [6, 6.07) is 9.72. The van der Waals surface area contributed by atoms with E-state index < -0.39 is 0 Å². The largest absolute Gasteiger partial charge is 0.384 e. The minimum atomic E-state index is 0.171. The van der Waals surface area contributed by atoms with Crippen molar-refractivity contribution in [2.24, 2.45) is 4.99 Å². The molecule has 1 N–H and O–H groups in total. The predicted molar refractivity (Wildman–Crippen MR) is 148 cm³/mol. The van der Waals surface area contributed by atoms with Gasteiger partial charge >= 0.3 is 0 Å². The molecule has 0 saturated heterocycles. The lowest BCUT2D eigenvalue weighted by atomic mass is 9.37. The number of hydrogen-bond acceptors (Lipinski definition) is 1. The van der Waals surface area contributed by atoms with Gasteiger partial charge in [-0.05, 0) is 62.4 Å². The first kappa shape index (κ1) is 26.2. The van der Waals surface area contributed by atoms with Crippen LogP contribution in [0.15, 0.2) is 29.3 Å².